The summed E-state index contributed by atoms with van der Waals surface area (Å²) in [7, 11) is 1.73. The normalized spacial score (nSPS) is 11.0. The minimum absolute atomic E-state index is 0.122. The zero-order valence-corrected chi connectivity index (χ0v) is 16.1. The summed E-state index contributed by atoms with van der Waals surface area (Å²) in [6, 6.07) is 15.2. The van der Waals surface area contributed by atoms with E-state index >= 15 is 0 Å². The number of hydrogen-bond acceptors (Lipinski definition) is 3. The Morgan fingerprint density at radius 3 is 2.33 bits per heavy atom. The number of anilines is 1. The average molecular weight is 364 g/mol. The van der Waals surface area contributed by atoms with Gasteiger partial charge in [0.05, 0.1) is 17.8 Å². The lowest BCUT2D eigenvalue weighted by Gasteiger charge is -2.19. The molecule has 0 radical (unpaired) electrons. The van der Waals surface area contributed by atoms with Gasteiger partial charge in [-0.3, -0.25) is 9.59 Å². The van der Waals surface area contributed by atoms with Crippen molar-refractivity contribution in [3.63, 3.8) is 0 Å². The monoisotopic (exact) mass is 364 g/mol. The molecule has 0 aliphatic rings. The van der Waals surface area contributed by atoms with Crippen LogP contribution in [0.5, 0.6) is 0 Å². The molecule has 0 saturated heterocycles. The van der Waals surface area contributed by atoms with Gasteiger partial charge >= 0.3 is 0 Å². The maximum absolute atomic E-state index is 13.1. The van der Waals surface area contributed by atoms with Gasteiger partial charge in [0.25, 0.3) is 5.91 Å². The molecule has 0 fully saturated rings. The van der Waals surface area contributed by atoms with Crippen molar-refractivity contribution >= 4 is 28.3 Å². The molecule has 0 aliphatic carbocycles. The first-order valence-corrected chi connectivity index (χ1v) is 8.99. The van der Waals surface area contributed by atoms with Gasteiger partial charge in [-0.25, -0.2) is 0 Å². The van der Waals surface area contributed by atoms with E-state index in [2.05, 4.69) is 5.32 Å². The van der Waals surface area contributed by atoms with E-state index in [9.17, 15) is 9.59 Å². The molecule has 5 heteroatoms. The highest BCUT2D eigenvalue weighted by Gasteiger charge is 2.20. The minimum Gasteiger partial charge on any atom is -0.464 e. The molecule has 0 atom stereocenters. The number of furan rings is 1. The van der Waals surface area contributed by atoms with Gasteiger partial charge in [0.15, 0.2) is 0 Å². The molecule has 3 rings (SSSR count). The van der Waals surface area contributed by atoms with Crippen molar-refractivity contribution in [2.75, 3.05) is 12.4 Å². The summed E-state index contributed by atoms with van der Waals surface area (Å²) in [4.78, 5) is 26.9. The fourth-order valence-corrected chi connectivity index (χ4v) is 2.88. The fourth-order valence-electron chi connectivity index (χ4n) is 2.88. The van der Waals surface area contributed by atoms with Crippen molar-refractivity contribution in [1.29, 1.82) is 0 Å². The molecule has 0 bridgehead atoms. The molecule has 1 heterocycles. The van der Waals surface area contributed by atoms with E-state index in [4.69, 9.17) is 4.42 Å². The Kier molecular flexibility index (Phi) is 5.31. The van der Waals surface area contributed by atoms with Crippen LogP contribution in [0, 0.1) is 12.8 Å². The number of rotatable bonds is 5. The molecular weight excluding hydrogens is 340 g/mol. The van der Waals surface area contributed by atoms with Crippen LogP contribution in [0.1, 0.15) is 35.7 Å². The van der Waals surface area contributed by atoms with E-state index in [-0.39, 0.29) is 17.7 Å². The molecule has 0 unspecified atom stereocenters. The lowest BCUT2D eigenvalue weighted by atomic mass is 10.0. The highest BCUT2D eigenvalue weighted by atomic mass is 16.3. The van der Waals surface area contributed by atoms with Gasteiger partial charge in [-0.05, 0) is 42.0 Å². The lowest BCUT2D eigenvalue weighted by molar-refractivity contribution is -0.118. The molecule has 1 N–H and O–H groups in total. The molecule has 0 spiro atoms. The van der Waals surface area contributed by atoms with Crippen LogP contribution < -0.4 is 5.32 Å². The first kappa shape index (κ1) is 18.7. The van der Waals surface area contributed by atoms with Gasteiger partial charge in [-0.2, -0.15) is 0 Å². The summed E-state index contributed by atoms with van der Waals surface area (Å²) >= 11 is 0. The van der Waals surface area contributed by atoms with Gasteiger partial charge in [0.2, 0.25) is 5.91 Å². The Labute approximate surface area is 159 Å². The first-order valence-electron chi connectivity index (χ1n) is 8.99. The zero-order chi connectivity index (χ0) is 19.6. The van der Waals surface area contributed by atoms with Crippen molar-refractivity contribution < 1.29 is 14.0 Å². The molecule has 27 heavy (non-hydrogen) atoms. The SMILES string of the molecule is Cc1ccc(CN(C)C(=O)c2cc3ccccc3cc2NC(=O)C(C)C)o1. The maximum atomic E-state index is 13.1. The number of hydrogen-bond donors (Lipinski definition) is 1. The number of carbonyl (C=O) groups is 2. The highest BCUT2D eigenvalue weighted by molar-refractivity contribution is 6.07. The summed E-state index contributed by atoms with van der Waals surface area (Å²) in [5, 5.41) is 4.82. The van der Waals surface area contributed by atoms with Gasteiger partial charge in [-0.1, -0.05) is 38.1 Å². The van der Waals surface area contributed by atoms with Crippen LogP contribution >= 0.6 is 0 Å². The second-order valence-electron chi connectivity index (χ2n) is 7.06. The Morgan fingerprint density at radius 1 is 1.07 bits per heavy atom. The van der Waals surface area contributed by atoms with Crippen LogP contribution in [-0.2, 0) is 11.3 Å². The summed E-state index contributed by atoms with van der Waals surface area (Å²) < 4.78 is 5.57. The summed E-state index contributed by atoms with van der Waals surface area (Å²) in [5.41, 5.74) is 0.994. The molecule has 2 aromatic carbocycles. The molecule has 1 aromatic heterocycles. The molecule has 2 amide bonds. The fraction of sp³-hybridized carbons (Fsp3) is 0.273. The number of carbonyl (C=O) groups excluding carboxylic acids is 2. The first-order chi connectivity index (χ1) is 12.8. The average Bonchev–Trinajstić information content (AvgIpc) is 3.05. The van der Waals surface area contributed by atoms with Crippen molar-refractivity contribution in [2.45, 2.75) is 27.3 Å². The Morgan fingerprint density at radius 2 is 1.74 bits per heavy atom. The van der Waals surface area contributed by atoms with E-state index in [0.29, 0.717) is 17.8 Å². The third-order valence-electron chi connectivity index (χ3n) is 4.43. The molecule has 0 saturated carbocycles. The number of nitrogens with zero attached hydrogens (tertiary/aromatic N) is 1. The standard InChI is InChI=1S/C22H24N2O3/c1-14(2)21(25)23-20-12-17-8-6-5-7-16(17)11-19(20)22(26)24(4)13-18-10-9-15(3)27-18/h5-12,14H,13H2,1-4H3,(H,23,25). The minimum atomic E-state index is -0.178. The van der Waals surface area contributed by atoms with Crippen LogP contribution in [0.2, 0.25) is 0 Å². The van der Waals surface area contributed by atoms with Crippen LogP contribution in [0.15, 0.2) is 52.9 Å². The molecular formula is C22H24N2O3. The van der Waals surface area contributed by atoms with E-state index < -0.39 is 0 Å². The van der Waals surface area contributed by atoms with Crippen molar-refractivity contribution in [3.8, 4) is 0 Å². The topological polar surface area (TPSA) is 62.6 Å². The van der Waals surface area contributed by atoms with E-state index in [1.54, 1.807) is 11.9 Å². The van der Waals surface area contributed by atoms with Crippen molar-refractivity contribution in [3.05, 3.63) is 65.6 Å². The number of amides is 2. The number of benzene rings is 2. The predicted molar refractivity (Wildman–Crippen MR) is 107 cm³/mol. The van der Waals surface area contributed by atoms with Crippen LogP contribution in [-0.4, -0.2) is 23.8 Å². The third-order valence-corrected chi connectivity index (χ3v) is 4.43. The molecule has 0 aliphatic heterocycles. The Hall–Kier alpha value is -3.08. The second kappa shape index (κ2) is 7.66. The van der Waals surface area contributed by atoms with E-state index in [1.807, 2.05) is 69.3 Å². The number of nitrogens with one attached hydrogen (secondary N) is 1. The quantitative estimate of drug-likeness (QED) is 0.719. The van der Waals surface area contributed by atoms with Gasteiger partial charge in [-0.15, -0.1) is 0 Å². The van der Waals surface area contributed by atoms with E-state index in [0.717, 1.165) is 22.3 Å². The third kappa shape index (κ3) is 4.19. The smallest absolute Gasteiger partial charge is 0.256 e. The van der Waals surface area contributed by atoms with Crippen molar-refractivity contribution in [2.24, 2.45) is 5.92 Å². The summed E-state index contributed by atoms with van der Waals surface area (Å²) in [6.07, 6.45) is 0. The Balaban J connectivity index is 1.96. The van der Waals surface area contributed by atoms with Crippen LogP contribution in [0.25, 0.3) is 10.8 Å². The maximum Gasteiger partial charge on any atom is 0.256 e. The number of aryl methyl sites for hydroxylation is 1. The van der Waals surface area contributed by atoms with Crippen LogP contribution in [0.3, 0.4) is 0 Å². The van der Waals surface area contributed by atoms with E-state index in [1.165, 1.54) is 0 Å². The second-order valence-corrected chi connectivity index (χ2v) is 7.06. The summed E-state index contributed by atoms with van der Waals surface area (Å²) in [5.74, 6) is 1.05. The predicted octanol–water partition coefficient (Wildman–Crippen LogP) is 4.61. The van der Waals surface area contributed by atoms with Gasteiger partial charge in [0.1, 0.15) is 11.5 Å². The van der Waals surface area contributed by atoms with Crippen molar-refractivity contribution in [1.82, 2.24) is 4.90 Å². The highest BCUT2D eigenvalue weighted by Crippen LogP contribution is 2.26. The Bertz CT molecular complexity index is 988. The summed E-state index contributed by atoms with van der Waals surface area (Å²) in [6.45, 7) is 5.87. The molecule has 5 nitrogen and oxygen atoms in total. The largest absolute Gasteiger partial charge is 0.464 e. The molecule has 140 valence electrons. The van der Waals surface area contributed by atoms with Gasteiger partial charge < -0.3 is 14.6 Å². The van der Waals surface area contributed by atoms with Gasteiger partial charge in [0, 0.05) is 13.0 Å². The van der Waals surface area contributed by atoms with Crippen LogP contribution in [0.4, 0.5) is 5.69 Å². The molecule has 3 aromatic rings. The number of fused-ring (bicyclic) bond motifs is 1. The zero-order valence-electron chi connectivity index (χ0n) is 16.1. The lowest BCUT2D eigenvalue weighted by Crippen LogP contribution is -2.28.